The quantitative estimate of drug-likeness (QED) is 0.810. The molecule has 5 heteroatoms. The number of rotatable bonds is 4. The Labute approximate surface area is 132 Å². The average molecular weight is 390 g/mol. The smallest absolute Gasteiger partial charge is 0.0847 e. The Morgan fingerprint density at radius 1 is 1.37 bits per heavy atom. The molecule has 0 aliphatic rings. The predicted molar refractivity (Wildman–Crippen MR) is 87.4 cm³/mol. The molecule has 0 spiro atoms. The van der Waals surface area contributed by atoms with Gasteiger partial charge in [0.05, 0.1) is 16.4 Å². The van der Waals surface area contributed by atoms with Crippen LogP contribution in [0.2, 0.25) is 5.02 Å². The van der Waals surface area contributed by atoms with Gasteiger partial charge in [0.2, 0.25) is 0 Å². The van der Waals surface area contributed by atoms with Crippen molar-refractivity contribution in [2.24, 2.45) is 5.73 Å². The van der Waals surface area contributed by atoms with Gasteiger partial charge in [0.25, 0.3) is 0 Å². The summed E-state index contributed by atoms with van der Waals surface area (Å²) < 4.78 is 3.14. The second-order valence-electron chi connectivity index (χ2n) is 4.52. The van der Waals surface area contributed by atoms with Crippen molar-refractivity contribution in [2.75, 3.05) is 0 Å². The first kappa shape index (κ1) is 14.8. The summed E-state index contributed by atoms with van der Waals surface area (Å²) in [5.74, 6) is 0. The minimum Gasteiger partial charge on any atom is -0.324 e. The molecule has 1 heterocycles. The van der Waals surface area contributed by atoms with E-state index in [4.69, 9.17) is 17.3 Å². The zero-order chi connectivity index (χ0) is 14.0. The number of benzene rings is 1. The van der Waals surface area contributed by atoms with E-state index in [9.17, 15) is 0 Å². The average Bonchev–Trinajstić information content (AvgIpc) is 2.67. The summed E-state index contributed by atoms with van der Waals surface area (Å²) in [6.07, 6.45) is 0.702. The largest absolute Gasteiger partial charge is 0.324 e. The zero-order valence-electron chi connectivity index (χ0n) is 11.0. The van der Waals surface area contributed by atoms with Crippen molar-refractivity contribution in [1.82, 2.24) is 9.78 Å². The summed E-state index contributed by atoms with van der Waals surface area (Å²) in [6, 6.07) is 8.22. The number of nitrogens with two attached hydrogens (primary N) is 1. The van der Waals surface area contributed by atoms with Gasteiger partial charge in [-0.3, -0.25) is 4.68 Å². The molecule has 3 nitrogen and oxygen atoms in total. The Morgan fingerprint density at radius 3 is 2.58 bits per heavy atom. The van der Waals surface area contributed by atoms with E-state index in [-0.39, 0.29) is 6.04 Å². The first-order chi connectivity index (χ1) is 9.02. The van der Waals surface area contributed by atoms with Gasteiger partial charge in [0, 0.05) is 22.6 Å². The molecular weight excluding hydrogens is 373 g/mol. The molecular formula is C14H17ClIN3. The van der Waals surface area contributed by atoms with Crippen molar-refractivity contribution in [3.05, 3.63) is 49.8 Å². The van der Waals surface area contributed by atoms with Crippen molar-refractivity contribution < 1.29 is 0 Å². The van der Waals surface area contributed by atoms with Crippen LogP contribution in [0.3, 0.4) is 0 Å². The standard InChI is InChI=1S/C14H17ClIN3/c1-3-19-13(14(15)9(2)18-19)8-12(17)10-4-6-11(16)7-5-10/h4-7,12H,3,8,17H2,1-2H3. The van der Waals surface area contributed by atoms with Gasteiger partial charge >= 0.3 is 0 Å². The third kappa shape index (κ3) is 3.30. The summed E-state index contributed by atoms with van der Waals surface area (Å²) in [6.45, 7) is 4.79. The number of aryl methyl sites for hydroxylation is 2. The van der Waals surface area contributed by atoms with Crippen molar-refractivity contribution in [2.45, 2.75) is 32.9 Å². The second-order valence-corrected chi connectivity index (χ2v) is 6.15. The molecule has 2 rings (SSSR count). The van der Waals surface area contributed by atoms with E-state index in [1.165, 1.54) is 3.57 Å². The lowest BCUT2D eigenvalue weighted by Gasteiger charge is -2.13. The molecule has 0 aliphatic carbocycles. The molecule has 1 unspecified atom stereocenters. The number of halogens is 2. The van der Waals surface area contributed by atoms with Gasteiger partial charge in [-0.1, -0.05) is 23.7 Å². The summed E-state index contributed by atoms with van der Waals surface area (Å²) in [5, 5.41) is 5.16. The highest BCUT2D eigenvalue weighted by Crippen LogP contribution is 2.25. The molecule has 1 atom stereocenters. The summed E-state index contributed by atoms with van der Waals surface area (Å²) in [4.78, 5) is 0. The highest BCUT2D eigenvalue weighted by molar-refractivity contribution is 14.1. The minimum atomic E-state index is -0.0594. The molecule has 1 aromatic carbocycles. The SMILES string of the molecule is CCn1nc(C)c(Cl)c1CC(N)c1ccc(I)cc1. The molecule has 0 aliphatic heterocycles. The van der Waals surface area contributed by atoms with Crippen LogP contribution in [0.4, 0.5) is 0 Å². The van der Waals surface area contributed by atoms with Crippen LogP contribution < -0.4 is 5.73 Å². The van der Waals surface area contributed by atoms with Gasteiger partial charge in [0.1, 0.15) is 0 Å². The van der Waals surface area contributed by atoms with E-state index in [0.717, 1.165) is 28.5 Å². The van der Waals surface area contributed by atoms with Gasteiger partial charge < -0.3 is 5.73 Å². The molecule has 2 aromatic rings. The Hall–Kier alpha value is -0.590. The van der Waals surface area contributed by atoms with Crippen LogP contribution in [-0.2, 0) is 13.0 Å². The van der Waals surface area contributed by atoms with Crippen LogP contribution in [0.5, 0.6) is 0 Å². The van der Waals surface area contributed by atoms with E-state index in [1.807, 2.05) is 11.6 Å². The number of aromatic nitrogens is 2. The number of hydrogen-bond donors (Lipinski definition) is 1. The van der Waals surface area contributed by atoms with Crippen molar-refractivity contribution in [1.29, 1.82) is 0 Å². The van der Waals surface area contributed by atoms with Crippen molar-refractivity contribution >= 4 is 34.2 Å². The molecule has 19 heavy (non-hydrogen) atoms. The summed E-state index contributed by atoms with van der Waals surface area (Å²) >= 11 is 8.60. The maximum absolute atomic E-state index is 6.31. The lowest BCUT2D eigenvalue weighted by Crippen LogP contribution is -2.16. The molecule has 0 saturated carbocycles. The summed E-state index contributed by atoms with van der Waals surface area (Å²) in [5.41, 5.74) is 9.29. The van der Waals surface area contributed by atoms with Crippen molar-refractivity contribution in [3.63, 3.8) is 0 Å². The molecule has 0 bridgehead atoms. The minimum absolute atomic E-state index is 0.0594. The Balaban J connectivity index is 2.23. The normalized spacial score (nSPS) is 12.7. The third-order valence-corrected chi connectivity index (χ3v) is 4.38. The third-order valence-electron chi connectivity index (χ3n) is 3.16. The van der Waals surface area contributed by atoms with Gasteiger partial charge in [-0.2, -0.15) is 5.10 Å². The van der Waals surface area contributed by atoms with Gasteiger partial charge in [-0.15, -0.1) is 0 Å². The maximum atomic E-state index is 6.31. The summed E-state index contributed by atoms with van der Waals surface area (Å²) in [7, 11) is 0. The second kappa shape index (κ2) is 6.24. The van der Waals surface area contributed by atoms with E-state index < -0.39 is 0 Å². The fraction of sp³-hybridized carbons (Fsp3) is 0.357. The zero-order valence-corrected chi connectivity index (χ0v) is 13.9. The van der Waals surface area contributed by atoms with E-state index in [1.54, 1.807) is 0 Å². The fourth-order valence-corrected chi connectivity index (χ4v) is 2.67. The van der Waals surface area contributed by atoms with Crippen LogP contribution in [0.1, 0.15) is 29.9 Å². The van der Waals surface area contributed by atoms with Crippen LogP contribution in [0, 0.1) is 10.5 Å². The van der Waals surface area contributed by atoms with Crippen LogP contribution >= 0.6 is 34.2 Å². The van der Waals surface area contributed by atoms with Gasteiger partial charge in [-0.25, -0.2) is 0 Å². The Kier molecular flexibility index (Phi) is 4.86. The topological polar surface area (TPSA) is 43.8 Å². The molecule has 0 fully saturated rings. The molecule has 0 saturated heterocycles. The monoisotopic (exact) mass is 389 g/mol. The van der Waals surface area contributed by atoms with Crippen LogP contribution in [-0.4, -0.2) is 9.78 Å². The molecule has 0 radical (unpaired) electrons. The fourth-order valence-electron chi connectivity index (χ4n) is 2.10. The predicted octanol–water partition coefficient (Wildman–Crippen LogP) is 3.71. The van der Waals surface area contributed by atoms with Crippen LogP contribution in [0.25, 0.3) is 0 Å². The number of hydrogen-bond acceptors (Lipinski definition) is 2. The lowest BCUT2D eigenvalue weighted by molar-refractivity contribution is 0.587. The van der Waals surface area contributed by atoms with Crippen molar-refractivity contribution in [3.8, 4) is 0 Å². The first-order valence-electron chi connectivity index (χ1n) is 6.25. The highest BCUT2D eigenvalue weighted by atomic mass is 127. The Bertz CT molecular complexity index is 563. The number of nitrogens with zero attached hydrogens (tertiary/aromatic N) is 2. The van der Waals surface area contributed by atoms with Crippen LogP contribution in [0.15, 0.2) is 24.3 Å². The molecule has 2 N–H and O–H groups in total. The maximum Gasteiger partial charge on any atom is 0.0847 e. The van der Waals surface area contributed by atoms with E-state index in [0.29, 0.717) is 6.42 Å². The van der Waals surface area contributed by atoms with E-state index >= 15 is 0 Å². The van der Waals surface area contributed by atoms with E-state index in [2.05, 4.69) is 58.9 Å². The van der Waals surface area contributed by atoms with Gasteiger partial charge in [-0.05, 0) is 54.1 Å². The molecule has 102 valence electrons. The Morgan fingerprint density at radius 2 is 2.00 bits per heavy atom. The molecule has 1 aromatic heterocycles. The first-order valence-corrected chi connectivity index (χ1v) is 7.71. The molecule has 0 amide bonds. The highest BCUT2D eigenvalue weighted by Gasteiger charge is 2.16. The van der Waals surface area contributed by atoms with Gasteiger partial charge in [0.15, 0.2) is 0 Å². The lowest BCUT2D eigenvalue weighted by atomic mass is 10.0.